The first-order valence-electron chi connectivity index (χ1n) is 8.10. The summed E-state index contributed by atoms with van der Waals surface area (Å²) in [7, 11) is -4.00. The van der Waals surface area contributed by atoms with Crippen molar-refractivity contribution in [2.45, 2.75) is 24.8 Å². The molecule has 2 rings (SSSR count). The summed E-state index contributed by atoms with van der Waals surface area (Å²) >= 11 is 0. The number of nitrogens with one attached hydrogen (secondary N) is 2. The zero-order chi connectivity index (χ0) is 20.0. The van der Waals surface area contributed by atoms with Crippen LogP contribution in [0.3, 0.4) is 0 Å². The number of hydrogen-bond acceptors (Lipinski definition) is 5. The molecule has 0 aromatic heterocycles. The molecule has 0 aliphatic heterocycles. The lowest BCUT2D eigenvalue weighted by atomic mass is 10.2. The molecule has 0 unspecified atom stereocenters. The molecule has 0 bridgehead atoms. The van der Waals surface area contributed by atoms with Crippen molar-refractivity contribution in [1.82, 2.24) is 5.32 Å². The van der Waals surface area contributed by atoms with Crippen LogP contribution in [0.2, 0.25) is 0 Å². The van der Waals surface area contributed by atoms with E-state index in [1.54, 1.807) is 6.92 Å². The fourth-order valence-electron chi connectivity index (χ4n) is 2.12. The summed E-state index contributed by atoms with van der Waals surface area (Å²) in [5.74, 6) is -1.77. The van der Waals surface area contributed by atoms with E-state index in [-0.39, 0.29) is 16.1 Å². The highest BCUT2D eigenvalue weighted by molar-refractivity contribution is 7.92. The SMILES string of the molecule is CCNC(=O)[C@H](C)OC(=O)c1cccc(S(=O)(=O)Nc2ccc(F)cc2)c1. The first-order valence-corrected chi connectivity index (χ1v) is 9.58. The summed E-state index contributed by atoms with van der Waals surface area (Å²) in [6, 6.07) is 9.99. The number of hydrogen-bond donors (Lipinski definition) is 2. The molecule has 0 fully saturated rings. The van der Waals surface area contributed by atoms with Crippen LogP contribution in [0.4, 0.5) is 10.1 Å². The van der Waals surface area contributed by atoms with Gasteiger partial charge in [-0.15, -0.1) is 0 Å². The number of carbonyl (C=O) groups is 2. The predicted molar refractivity (Wildman–Crippen MR) is 97.2 cm³/mol. The molecule has 1 atom stereocenters. The van der Waals surface area contributed by atoms with Gasteiger partial charge in [0.05, 0.1) is 10.5 Å². The van der Waals surface area contributed by atoms with Crippen LogP contribution in [0.1, 0.15) is 24.2 Å². The molecule has 0 heterocycles. The van der Waals surface area contributed by atoms with E-state index in [1.165, 1.54) is 37.3 Å². The molecule has 0 radical (unpaired) electrons. The monoisotopic (exact) mass is 394 g/mol. The van der Waals surface area contributed by atoms with E-state index in [0.717, 1.165) is 18.2 Å². The third-order valence-electron chi connectivity index (χ3n) is 3.48. The third kappa shape index (κ3) is 5.52. The maximum absolute atomic E-state index is 12.9. The first kappa shape index (κ1) is 20.4. The lowest BCUT2D eigenvalue weighted by Crippen LogP contribution is -2.35. The van der Waals surface area contributed by atoms with Gasteiger partial charge in [0.25, 0.3) is 15.9 Å². The van der Waals surface area contributed by atoms with E-state index in [2.05, 4.69) is 10.0 Å². The molecule has 0 saturated carbocycles. The summed E-state index contributed by atoms with van der Waals surface area (Å²) in [6.07, 6.45) is -1.02. The van der Waals surface area contributed by atoms with Gasteiger partial charge in [-0.25, -0.2) is 17.6 Å². The topological polar surface area (TPSA) is 102 Å². The Morgan fingerprint density at radius 1 is 1.15 bits per heavy atom. The van der Waals surface area contributed by atoms with Crippen molar-refractivity contribution in [2.75, 3.05) is 11.3 Å². The zero-order valence-electron chi connectivity index (χ0n) is 14.7. The molecule has 144 valence electrons. The van der Waals surface area contributed by atoms with E-state index in [9.17, 15) is 22.4 Å². The van der Waals surface area contributed by atoms with E-state index < -0.39 is 33.8 Å². The minimum absolute atomic E-state index is 0.0203. The molecule has 2 N–H and O–H groups in total. The zero-order valence-corrected chi connectivity index (χ0v) is 15.5. The van der Waals surface area contributed by atoms with Crippen LogP contribution in [0.5, 0.6) is 0 Å². The van der Waals surface area contributed by atoms with Gasteiger partial charge < -0.3 is 10.1 Å². The van der Waals surface area contributed by atoms with Gasteiger partial charge in [-0.1, -0.05) is 6.07 Å². The number of amides is 1. The third-order valence-corrected chi connectivity index (χ3v) is 4.86. The number of likely N-dealkylation sites (N-methyl/N-ethyl adjacent to an activating group) is 1. The number of carbonyl (C=O) groups excluding carboxylic acids is 2. The van der Waals surface area contributed by atoms with Crippen LogP contribution in [-0.4, -0.2) is 32.9 Å². The molecule has 27 heavy (non-hydrogen) atoms. The minimum Gasteiger partial charge on any atom is -0.449 e. The first-order chi connectivity index (χ1) is 12.7. The fourth-order valence-corrected chi connectivity index (χ4v) is 3.23. The van der Waals surface area contributed by atoms with Crippen LogP contribution in [0.15, 0.2) is 53.4 Å². The number of sulfonamides is 1. The van der Waals surface area contributed by atoms with Gasteiger partial charge in [0.2, 0.25) is 0 Å². The van der Waals surface area contributed by atoms with E-state index in [1.807, 2.05) is 0 Å². The molecule has 1 amide bonds. The predicted octanol–water partition coefficient (Wildman–Crippen LogP) is 2.31. The van der Waals surface area contributed by atoms with Crippen molar-refractivity contribution in [3.8, 4) is 0 Å². The molecule has 0 aliphatic carbocycles. The van der Waals surface area contributed by atoms with E-state index >= 15 is 0 Å². The van der Waals surface area contributed by atoms with Gasteiger partial charge in [0.15, 0.2) is 6.10 Å². The van der Waals surface area contributed by atoms with Gasteiger partial charge in [-0.05, 0) is 56.3 Å². The second-order valence-electron chi connectivity index (χ2n) is 5.58. The van der Waals surface area contributed by atoms with Crippen molar-refractivity contribution in [3.05, 3.63) is 59.9 Å². The van der Waals surface area contributed by atoms with E-state index in [4.69, 9.17) is 4.74 Å². The molecule has 7 nitrogen and oxygen atoms in total. The number of ether oxygens (including phenoxy) is 1. The minimum atomic E-state index is -4.00. The Kier molecular flexibility index (Phi) is 6.51. The van der Waals surface area contributed by atoms with Gasteiger partial charge >= 0.3 is 5.97 Å². The van der Waals surface area contributed by atoms with Crippen LogP contribution < -0.4 is 10.0 Å². The second-order valence-corrected chi connectivity index (χ2v) is 7.26. The van der Waals surface area contributed by atoms with Gasteiger partial charge in [0.1, 0.15) is 5.82 Å². The summed E-state index contributed by atoms with van der Waals surface area (Å²) in [6.45, 7) is 3.54. The Hall–Kier alpha value is -2.94. The Labute approximate surface area is 156 Å². The molecule has 0 aliphatic rings. The van der Waals surface area contributed by atoms with Gasteiger partial charge in [-0.2, -0.15) is 0 Å². The molecular formula is C18H19FN2O5S. The highest BCUT2D eigenvalue weighted by atomic mass is 32.2. The quantitative estimate of drug-likeness (QED) is 0.702. The average Bonchev–Trinajstić information content (AvgIpc) is 2.63. The number of halogens is 1. The Morgan fingerprint density at radius 3 is 2.44 bits per heavy atom. The summed E-state index contributed by atoms with van der Waals surface area (Å²) in [5.41, 5.74) is 0.155. The normalized spacial score (nSPS) is 12.1. The molecule has 2 aromatic rings. The molecule has 0 spiro atoms. The van der Waals surface area contributed by atoms with Crippen molar-refractivity contribution < 1.29 is 27.1 Å². The largest absolute Gasteiger partial charge is 0.449 e. The number of anilines is 1. The summed E-state index contributed by atoms with van der Waals surface area (Å²) in [4.78, 5) is 23.6. The number of rotatable bonds is 7. The summed E-state index contributed by atoms with van der Waals surface area (Å²) in [5, 5.41) is 2.52. The maximum atomic E-state index is 12.9. The molecular weight excluding hydrogens is 375 g/mol. The van der Waals surface area contributed by atoms with Gasteiger partial charge in [0, 0.05) is 12.2 Å². The van der Waals surface area contributed by atoms with Gasteiger partial charge in [-0.3, -0.25) is 9.52 Å². The Balaban J connectivity index is 2.17. The molecule has 0 saturated heterocycles. The fraction of sp³-hybridized carbons (Fsp3) is 0.222. The van der Waals surface area contributed by atoms with Crippen molar-refractivity contribution in [2.24, 2.45) is 0 Å². The Bertz CT molecular complexity index is 929. The highest BCUT2D eigenvalue weighted by Gasteiger charge is 2.21. The average molecular weight is 394 g/mol. The van der Waals surface area contributed by atoms with Crippen LogP contribution in [0.25, 0.3) is 0 Å². The highest BCUT2D eigenvalue weighted by Crippen LogP contribution is 2.18. The number of benzene rings is 2. The van der Waals surface area contributed by atoms with Crippen molar-refractivity contribution in [3.63, 3.8) is 0 Å². The summed E-state index contributed by atoms with van der Waals surface area (Å²) < 4.78 is 45.2. The maximum Gasteiger partial charge on any atom is 0.338 e. The van der Waals surface area contributed by atoms with Crippen LogP contribution >= 0.6 is 0 Å². The van der Waals surface area contributed by atoms with Crippen LogP contribution in [0, 0.1) is 5.82 Å². The van der Waals surface area contributed by atoms with Crippen LogP contribution in [-0.2, 0) is 19.6 Å². The second kappa shape index (κ2) is 8.63. The molecule has 2 aromatic carbocycles. The smallest absolute Gasteiger partial charge is 0.338 e. The van der Waals surface area contributed by atoms with E-state index in [0.29, 0.717) is 6.54 Å². The lowest BCUT2D eigenvalue weighted by molar-refractivity contribution is -0.128. The number of esters is 1. The van der Waals surface area contributed by atoms with Crippen molar-refractivity contribution in [1.29, 1.82) is 0 Å². The standard InChI is InChI=1S/C18H19FN2O5S/c1-3-20-17(22)12(2)26-18(23)13-5-4-6-16(11-13)27(24,25)21-15-9-7-14(19)8-10-15/h4-12,21H,3H2,1-2H3,(H,20,22)/t12-/m0/s1. The van der Waals surface area contributed by atoms with Crippen molar-refractivity contribution >= 4 is 27.6 Å². The lowest BCUT2D eigenvalue weighted by Gasteiger charge is -2.13. The Morgan fingerprint density at radius 2 is 1.81 bits per heavy atom. The molecule has 9 heteroatoms.